The Labute approximate surface area is 187 Å². The number of allylic oxidation sites excluding steroid dienone is 1. The van der Waals surface area contributed by atoms with Gasteiger partial charge >= 0.3 is 0 Å². The van der Waals surface area contributed by atoms with Gasteiger partial charge in [0.25, 0.3) is 0 Å². The third-order valence-corrected chi connectivity index (χ3v) is 9.70. The molecular weight excluding hydrogens is 382 g/mol. The summed E-state index contributed by atoms with van der Waals surface area (Å²) in [6.07, 6.45) is 9.10. The van der Waals surface area contributed by atoms with Gasteiger partial charge in [-0.1, -0.05) is 24.6 Å². The number of carbonyl (C=O) groups excluding carboxylic acids is 1. The van der Waals surface area contributed by atoms with Crippen LogP contribution < -0.4 is 4.90 Å². The van der Waals surface area contributed by atoms with E-state index in [-0.39, 0.29) is 11.5 Å². The van der Waals surface area contributed by atoms with E-state index >= 15 is 0 Å². The van der Waals surface area contributed by atoms with Crippen molar-refractivity contribution in [3.05, 3.63) is 41.5 Å². The molecule has 168 valence electrons. The molecule has 3 saturated carbocycles. The first-order valence-corrected chi connectivity index (χ1v) is 12.7. The molecule has 3 heteroatoms. The normalized spacial score (nSPS) is 39.4. The quantitative estimate of drug-likeness (QED) is 0.675. The number of aliphatic hydroxyl groups excluding tert-OH is 1. The van der Waals surface area contributed by atoms with Crippen molar-refractivity contribution in [1.82, 2.24) is 0 Å². The van der Waals surface area contributed by atoms with Gasteiger partial charge in [0.2, 0.25) is 0 Å². The molecular formula is C28H39NO2. The zero-order chi connectivity index (χ0) is 21.8. The number of benzene rings is 1. The highest BCUT2D eigenvalue weighted by molar-refractivity contribution is 5.91. The molecule has 0 heterocycles. The van der Waals surface area contributed by atoms with Crippen molar-refractivity contribution in [1.29, 1.82) is 0 Å². The van der Waals surface area contributed by atoms with Gasteiger partial charge in [0.1, 0.15) is 0 Å². The Hall–Kier alpha value is -1.61. The van der Waals surface area contributed by atoms with Crippen molar-refractivity contribution >= 4 is 11.5 Å². The lowest BCUT2D eigenvalue weighted by Crippen LogP contribution is -2.50. The van der Waals surface area contributed by atoms with Gasteiger partial charge in [-0.15, -0.1) is 0 Å². The molecule has 0 bridgehead atoms. The van der Waals surface area contributed by atoms with Gasteiger partial charge in [-0.3, -0.25) is 4.79 Å². The maximum Gasteiger partial charge on any atom is 0.155 e. The van der Waals surface area contributed by atoms with E-state index in [2.05, 4.69) is 49.9 Å². The second kappa shape index (κ2) is 8.06. The molecule has 0 aromatic heterocycles. The number of carbonyl (C=O) groups is 1. The fraction of sp³-hybridized carbons (Fsp3) is 0.679. The summed E-state index contributed by atoms with van der Waals surface area (Å²) in [4.78, 5) is 14.6. The van der Waals surface area contributed by atoms with Gasteiger partial charge in [-0.2, -0.15) is 0 Å². The van der Waals surface area contributed by atoms with Crippen LogP contribution in [0.2, 0.25) is 0 Å². The Morgan fingerprint density at radius 1 is 1.00 bits per heavy atom. The Morgan fingerprint density at radius 2 is 1.74 bits per heavy atom. The average molecular weight is 422 g/mol. The smallest absolute Gasteiger partial charge is 0.155 e. The number of hydrogen-bond acceptors (Lipinski definition) is 3. The molecule has 7 unspecified atom stereocenters. The molecule has 5 rings (SSSR count). The molecule has 4 aliphatic rings. The molecule has 0 aliphatic heterocycles. The molecule has 1 aromatic rings. The molecule has 0 spiro atoms. The Balaban J connectivity index is 1.53. The minimum atomic E-state index is -0.166. The molecule has 0 saturated heterocycles. The molecule has 4 aliphatic carbocycles. The van der Waals surface area contributed by atoms with Crippen molar-refractivity contribution in [2.75, 3.05) is 18.0 Å². The first-order chi connectivity index (χ1) is 15.0. The highest BCUT2D eigenvalue weighted by Crippen LogP contribution is 2.65. The van der Waals surface area contributed by atoms with E-state index in [9.17, 15) is 9.90 Å². The van der Waals surface area contributed by atoms with Crippen LogP contribution in [0.3, 0.4) is 0 Å². The molecule has 0 radical (unpaired) electrons. The predicted octanol–water partition coefficient (Wildman–Crippen LogP) is 5.73. The monoisotopic (exact) mass is 421 g/mol. The molecule has 0 amide bonds. The average Bonchev–Trinajstić information content (AvgIpc) is 3.08. The third kappa shape index (κ3) is 3.39. The number of rotatable bonds is 4. The first kappa shape index (κ1) is 21.2. The van der Waals surface area contributed by atoms with Crippen molar-refractivity contribution < 1.29 is 9.90 Å². The van der Waals surface area contributed by atoms with Crippen molar-refractivity contribution in [2.45, 2.75) is 77.7 Å². The van der Waals surface area contributed by atoms with E-state index < -0.39 is 0 Å². The number of fused-ring (bicyclic) bond motifs is 5. The second-order valence-electron chi connectivity index (χ2n) is 10.9. The summed E-state index contributed by atoms with van der Waals surface area (Å²) in [6, 6.07) is 9.35. The molecule has 31 heavy (non-hydrogen) atoms. The van der Waals surface area contributed by atoms with Gasteiger partial charge in [0, 0.05) is 25.2 Å². The van der Waals surface area contributed by atoms with E-state index in [4.69, 9.17) is 0 Å². The summed E-state index contributed by atoms with van der Waals surface area (Å²) < 4.78 is 0. The van der Waals surface area contributed by atoms with Gasteiger partial charge in [-0.25, -0.2) is 0 Å². The fourth-order valence-corrected chi connectivity index (χ4v) is 8.14. The van der Waals surface area contributed by atoms with Gasteiger partial charge in [-0.05, 0) is 111 Å². The molecule has 3 nitrogen and oxygen atoms in total. The van der Waals surface area contributed by atoms with Crippen LogP contribution in [0.25, 0.3) is 0 Å². The summed E-state index contributed by atoms with van der Waals surface area (Å²) in [5.41, 5.74) is 4.22. The third-order valence-electron chi connectivity index (χ3n) is 9.70. The first-order valence-electron chi connectivity index (χ1n) is 12.7. The Morgan fingerprint density at radius 3 is 2.45 bits per heavy atom. The van der Waals surface area contributed by atoms with E-state index in [0.717, 1.165) is 45.2 Å². The molecule has 1 aromatic carbocycles. The van der Waals surface area contributed by atoms with E-state index in [1.807, 2.05) is 6.08 Å². The number of ketones is 1. The topological polar surface area (TPSA) is 40.5 Å². The highest BCUT2D eigenvalue weighted by atomic mass is 16.3. The lowest BCUT2D eigenvalue weighted by atomic mass is 9.48. The van der Waals surface area contributed by atoms with Crippen LogP contribution in [-0.4, -0.2) is 30.1 Å². The number of aliphatic hydroxyl groups is 1. The zero-order valence-corrected chi connectivity index (χ0v) is 19.5. The maximum atomic E-state index is 12.2. The summed E-state index contributed by atoms with van der Waals surface area (Å²) in [6.45, 7) is 8.86. The molecule has 7 atom stereocenters. The zero-order valence-electron chi connectivity index (χ0n) is 19.5. The summed E-state index contributed by atoms with van der Waals surface area (Å²) in [7, 11) is 0. The highest BCUT2D eigenvalue weighted by Gasteiger charge is 2.59. The van der Waals surface area contributed by atoms with Crippen LogP contribution in [0.15, 0.2) is 35.9 Å². The standard InChI is InChI=1S/C28H39NO2/c1-4-29(5-2)20-9-6-18(7-10-20)24-17-28(3)25(14-15-26(28)31)23-12-8-19-16-21(30)11-13-22(19)27(23)24/h6-7,9-10,16,22-27,31H,4-5,8,11-15,17H2,1-3H3. The van der Waals surface area contributed by atoms with E-state index in [0.29, 0.717) is 35.4 Å². The van der Waals surface area contributed by atoms with E-state index in [1.165, 1.54) is 29.7 Å². The number of nitrogens with zero attached hydrogens (tertiary/aromatic N) is 1. The molecule has 3 fully saturated rings. The largest absolute Gasteiger partial charge is 0.393 e. The van der Waals surface area contributed by atoms with Crippen molar-refractivity contribution in [3.63, 3.8) is 0 Å². The van der Waals surface area contributed by atoms with Crippen molar-refractivity contribution in [3.8, 4) is 0 Å². The van der Waals surface area contributed by atoms with Crippen molar-refractivity contribution in [2.24, 2.45) is 29.1 Å². The van der Waals surface area contributed by atoms with Gasteiger partial charge < -0.3 is 10.0 Å². The molecule has 1 N–H and O–H groups in total. The Kier molecular flexibility index (Phi) is 5.53. The summed E-state index contributed by atoms with van der Waals surface area (Å²) >= 11 is 0. The van der Waals surface area contributed by atoms with Crippen LogP contribution in [0.5, 0.6) is 0 Å². The fourth-order valence-electron chi connectivity index (χ4n) is 8.14. The van der Waals surface area contributed by atoms with E-state index in [1.54, 1.807) is 0 Å². The van der Waals surface area contributed by atoms with Crippen LogP contribution in [-0.2, 0) is 4.79 Å². The van der Waals surface area contributed by atoms with Gasteiger partial charge in [0.15, 0.2) is 5.78 Å². The lowest BCUT2D eigenvalue weighted by molar-refractivity contribution is -0.116. The second-order valence-corrected chi connectivity index (χ2v) is 10.9. The number of hydrogen-bond donors (Lipinski definition) is 1. The SMILES string of the molecule is CCN(CC)c1ccc(C2CC3(C)C(O)CCC3C3CCC4=CC(=O)CCC4C23)cc1. The predicted molar refractivity (Wildman–Crippen MR) is 126 cm³/mol. The minimum Gasteiger partial charge on any atom is -0.393 e. The van der Waals surface area contributed by atoms with Crippen LogP contribution in [0, 0.1) is 29.1 Å². The lowest BCUT2D eigenvalue weighted by Gasteiger charge is -2.57. The maximum absolute atomic E-state index is 12.2. The van der Waals surface area contributed by atoms with Gasteiger partial charge in [0.05, 0.1) is 6.10 Å². The summed E-state index contributed by atoms with van der Waals surface area (Å²) in [5.74, 6) is 3.31. The van der Waals surface area contributed by atoms with Crippen LogP contribution >= 0.6 is 0 Å². The summed E-state index contributed by atoms with van der Waals surface area (Å²) in [5, 5.41) is 11.0. The number of anilines is 1. The van der Waals surface area contributed by atoms with Crippen LogP contribution in [0.1, 0.15) is 77.2 Å². The van der Waals surface area contributed by atoms with Crippen LogP contribution in [0.4, 0.5) is 5.69 Å². The minimum absolute atomic E-state index is 0.0368. The Bertz CT molecular complexity index is 854.